The molecule has 0 aliphatic carbocycles. The third kappa shape index (κ3) is 9.86. The van der Waals surface area contributed by atoms with Crippen molar-refractivity contribution in [2.45, 2.75) is 26.2 Å². The highest BCUT2D eigenvalue weighted by atomic mass is 127. The van der Waals surface area contributed by atoms with Crippen LogP contribution < -0.4 is 0 Å². The Kier molecular flexibility index (Phi) is 10.8. The number of rotatable bonds is 6. The molecule has 0 rings (SSSR count). The summed E-state index contributed by atoms with van der Waals surface area (Å²) in [5, 5.41) is 0. The van der Waals surface area contributed by atoms with Gasteiger partial charge in [0.05, 0.1) is 9.10 Å². The van der Waals surface area contributed by atoms with E-state index in [4.69, 9.17) is 9.47 Å². The maximum absolute atomic E-state index is 11.0. The molecule has 0 aromatic heterocycles. The maximum atomic E-state index is 11.0. The van der Waals surface area contributed by atoms with E-state index in [1.807, 2.05) is 0 Å². The summed E-state index contributed by atoms with van der Waals surface area (Å²) < 4.78 is 11.6. The van der Waals surface area contributed by atoms with Crippen LogP contribution in [0.4, 0.5) is 4.79 Å². The van der Waals surface area contributed by atoms with E-state index in [1.54, 1.807) is 0 Å². The van der Waals surface area contributed by atoms with Gasteiger partial charge in [-0.1, -0.05) is 19.8 Å². The maximum Gasteiger partial charge on any atom is 0.508 e. The van der Waals surface area contributed by atoms with Crippen LogP contribution in [0, 0.1) is 0 Å². The number of hydrogen-bond acceptors (Lipinski definition) is 3. The van der Waals surface area contributed by atoms with Gasteiger partial charge in [-0.25, -0.2) is 4.79 Å². The van der Waals surface area contributed by atoms with Crippen molar-refractivity contribution in [3.8, 4) is 0 Å². The van der Waals surface area contributed by atoms with Crippen molar-refractivity contribution < 1.29 is 14.3 Å². The lowest BCUT2D eigenvalue weighted by Crippen LogP contribution is -2.09. The number of carbonyl (C=O) groups excluding carboxylic acids is 1. The van der Waals surface area contributed by atoms with Crippen molar-refractivity contribution in [2.24, 2.45) is 0 Å². The summed E-state index contributed by atoms with van der Waals surface area (Å²) >= 11 is 7.51. The van der Waals surface area contributed by atoms with Crippen LogP contribution in [0.3, 0.4) is 0 Å². The van der Waals surface area contributed by atoms with Crippen LogP contribution in [0.2, 0.25) is 0 Å². The van der Waals surface area contributed by atoms with Gasteiger partial charge in [0.25, 0.3) is 0 Å². The Bertz CT molecular complexity index is 227. The van der Waals surface area contributed by atoms with Gasteiger partial charge in [0.2, 0.25) is 0 Å². The fourth-order valence-corrected chi connectivity index (χ4v) is 1.15. The van der Waals surface area contributed by atoms with Gasteiger partial charge in [-0.15, -0.1) is 0 Å². The molecule has 0 unspecified atom stereocenters. The molecular weight excluding hydrogens is 490 g/mol. The molecule has 0 fully saturated rings. The fraction of sp³-hybridized carbons (Fsp3) is 0.667. The first kappa shape index (κ1) is 16.0. The van der Waals surface area contributed by atoms with E-state index in [2.05, 4.69) is 68.0 Å². The summed E-state index contributed by atoms with van der Waals surface area (Å²) in [6.07, 6.45) is 2.49. The van der Waals surface area contributed by atoms with Crippen molar-refractivity contribution in [2.75, 3.05) is 13.2 Å². The topological polar surface area (TPSA) is 35.5 Å². The third-order valence-electron chi connectivity index (χ3n) is 1.49. The summed E-state index contributed by atoms with van der Waals surface area (Å²) in [6, 6.07) is 0. The summed E-state index contributed by atoms with van der Waals surface area (Å²) in [4.78, 5) is 11.0. The van der Waals surface area contributed by atoms with E-state index in [1.165, 1.54) is 0 Å². The van der Waals surface area contributed by atoms with Gasteiger partial charge in [-0.2, -0.15) is 0 Å². The molecule has 88 valence electrons. The molecule has 0 saturated heterocycles. The number of ether oxygens (including phenoxy) is 2. The van der Waals surface area contributed by atoms with Gasteiger partial charge < -0.3 is 9.47 Å². The lowest BCUT2D eigenvalue weighted by molar-refractivity contribution is 0.0618. The summed E-state index contributed by atoms with van der Waals surface area (Å²) in [7, 11) is 0. The Balaban J connectivity index is 3.54. The minimum absolute atomic E-state index is 0.261. The third-order valence-corrected chi connectivity index (χ3v) is 5.24. The number of unbranched alkanes of at least 4 members (excludes halogenated alkanes) is 2. The predicted molar refractivity (Wildman–Crippen MR) is 80.8 cm³/mol. The Hall–Kier alpha value is 0.950. The second kappa shape index (κ2) is 10.1. The second-order valence-electron chi connectivity index (χ2n) is 2.76. The zero-order chi connectivity index (χ0) is 11.7. The summed E-state index contributed by atoms with van der Waals surface area (Å²) in [5.41, 5.74) is 0. The molecule has 0 spiro atoms. The molecule has 0 aromatic carbocycles. The molecule has 0 saturated carbocycles. The molecule has 0 aliphatic rings. The quantitative estimate of drug-likeness (QED) is 0.298. The first-order valence-electron chi connectivity index (χ1n) is 4.57. The first-order chi connectivity index (χ1) is 7.07. The molecule has 3 nitrogen and oxygen atoms in total. The molecule has 0 aliphatic heterocycles. The van der Waals surface area contributed by atoms with Crippen LogP contribution in [0.25, 0.3) is 0 Å². The molecule has 0 aromatic rings. The molecular formula is C9H13BrI2O3. The molecule has 0 N–H and O–H groups in total. The van der Waals surface area contributed by atoms with Crippen LogP contribution in [0.1, 0.15) is 26.2 Å². The largest absolute Gasteiger partial charge is 0.508 e. The van der Waals surface area contributed by atoms with Crippen LogP contribution >= 0.6 is 61.1 Å². The fourth-order valence-electron chi connectivity index (χ4n) is 0.726. The SMILES string of the molecule is CCCCCOC(=O)OCC(I)=C(Br)I. The standard InChI is InChI=1S/C9H13BrI2O3/c1-2-3-4-5-14-9(13)15-6-7(11)8(10)12/h2-6H2,1H3. The number of halogens is 3. The average Bonchev–Trinajstić information content (AvgIpc) is 2.20. The van der Waals surface area contributed by atoms with E-state index in [0.717, 1.165) is 25.3 Å². The number of hydrogen-bond donors (Lipinski definition) is 0. The van der Waals surface area contributed by atoms with Crippen molar-refractivity contribution in [3.63, 3.8) is 0 Å². The van der Waals surface area contributed by atoms with E-state index in [0.29, 0.717) is 6.61 Å². The van der Waals surface area contributed by atoms with Gasteiger partial charge >= 0.3 is 6.16 Å². The zero-order valence-electron chi connectivity index (χ0n) is 8.39. The van der Waals surface area contributed by atoms with Crippen LogP contribution in [0.15, 0.2) is 6.07 Å². The Morgan fingerprint density at radius 3 is 2.47 bits per heavy atom. The van der Waals surface area contributed by atoms with Gasteiger partial charge in [0, 0.05) is 3.58 Å². The smallest absolute Gasteiger partial charge is 0.434 e. The van der Waals surface area contributed by atoms with Gasteiger partial charge in [0.1, 0.15) is 6.61 Å². The van der Waals surface area contributed by atoms with Crippen molar-refractivity contribution in [1.82, 2.24) is 0 Å². The molecule has 6 heteroatoms. The highest BCUT2D eigenvalue weighted by Gasteiger charge is 2.05. The molecule has 0 heterocycles. The monoisotopic (exact) mass is 502 g/mol. The van der Waals surface area contributed by atoms with Crippen molar-refractivity contribution in [3.05, 3.63) is 6.07 Å². The molecule has 0 amide bonds. The summed E-state index contributed by atoms with van der Waals surface area (Å²) in [6.45, 7) is 2.80. The van der Waals surface area contributed by atoms with Gasteiger partial charge in [-0.3, -0.25) is 0 Å². The predicted octanol–water partition coefficient (Wildman–Crippen LogP) is 4.76. The molecule has 0 radical (unpaired) electrons. The van der Waals surface area contributed by atoms with Gasteiger partial charge in [0.15, 0.2) is 0 Å². The van der Waals surface area contributed by atoms with Crippen LogP contribution in [-0.2, 0) is 9.47 Å². The number of carbonyl (C=O) groups is 1. The highest BCUT2D eigenvalue weighted by Crippen LogP contribution is 2.24. The van der Waals surface area contributed by atoms with E-state index >= 15 is 0 Å². The minimum Gasteiger partial charge on any atom is -0.434 e. The highest BCUT2D eigenvalue weighted by molar-refractivity contribution is 14.1. The molecule has 0 atom stereocenters. The Morgan fingerprint density at radius 1 is 1.27 bits per heavy atom. The van der Waals surface area contributed by atoms with Crippen molar-refractivity contribution >= 4 is 67.3 Å². The molecule has 15 heavy (non-hydrogen) atoms. The van der Waals surface area contributed by atoms with E-state index in [-0.39, 0.29) is 6.61 Å². The summed E-state index contributed by atoms with van der Waals surface area (Å²) in [5.74, 6) is 0. The van der Waals surface area contributed by atoms with Crippen LogP contribution in [-0.4, -0.2) is 19.4 Å². The minimum atomic E-state index is -0.592. The normalized spacial score (nSPS) is 12.0. The first-order valence-corrected chi connectivity index (χ1v) is 7.52. The van der Waals surface area contributed by atoms with E-state index in [9.17, 15) is 4.79 Å². The van der Waals surface area contributed by atoms with Gasteiger partial charge in [-0.05, 0) is 67.5 Å². The Labute approximate surface area is 126 Å². The lowest BCUT2D eigenvalue weighted by atomic mass is 10.3. The molecule has 0 bridgehead atoms. The lowest BCUT2D eigenvalue weighted by Gasteiger charge is -2.05. The van der Waals surface area contributed by atoms with Crippen LogP contribution in [0.5, 0.6) is 0 Å². The van der Waals surface area contributed by atoms with Crippen molar-refractivity contribution in [1.29, 1.82) is 0 Å². The second-order valence-corrected chi connectivity index (χ2v) is 7.42. The Morgan fingerprint density at radius 2 is 1.93 bits per heavy atom. The zero-order valence-corrected chi connectivity index (χ0v) is 14.3. The average molecular weight is 503 g/mol. The van der Waals surface area contributed by atoms with E-state index < -0.39 is 6.16 Å².